The van der Waals surface area contributed by atoms with Crippen LogP contribution in [0.3, 0.4) is 0 Å². The van der Waals surface area contributed by atoms with E-state index in [4.69, 9.17) is 11.6 Å². The van der Waals surface area contributed by atoms with Crippen LogP contribution in [0, 0.1) is 0 Å². The van der Waals surface area contributed by atoms with Crippen molar-refractivity contribution < 1.29 is 13.2 Å². The van der Waals surface area contributed by atoms with E-state index in [1.807, 2.05) is 4.72 Å². The molecule has 1 aliphatic rings. The van der Waals surface area contributed by atoms with Crippen molar-refractivity contribution in [2.24, 2.45) is 0 Å². The lowest BCUT2D eigenvalue weighted by Gasteiger charge is -2.22. The van der Waals surface area contributed by atoms with E-state index in [0.717, 1.165) is 32.1 Å². The normalized spacial score (nSPS) is 15.1. The minimum Gasteiger partial charge on any atom is -0.340 e. The van der Waals surface area contributed by atoms with E-state index in [2.05, 4.69) is 15.6 Å². The minimum absolute atomic E-state index is 0.00146. The Morgan fingerprint density at radius 1 is 1.11 bits per heavy atom. The molecule has 7 nitrogen and oxygen atoms in total. The first kappa shape index (κ1) is 19.4. The lowest BCUT2D eigenvalue weighted by atomic mass is 9.96. The minimum atomic E-state index is -4.11. The number of urea groups is 1. The van der Waals surface area contributed by atoms with Crippen LogP contribution in [0.1, 0.15) is 32.1 Å². The van der Waals surface area contributed by atoms with Crippen LogP contribution < -0.4 is 15.4 Å². The number of anilines is 2. The fourth-order valence-corrected chi connectivity index (χ4v) is 4.45. The summed E-state index contributed by atoms with van der Waals surface area (Å²) in [6.07, 6.45) is 6.54. The van der Waals surface area contributed by atoms with Crippen LogP contribution in [0.2, 0.25) is 5.02 Å². The van der Waals surface area contributed by atoms with Gasteiger partial charge in [-0.1, -0.05) is 36.9 Å². The number of pyridine rings is 1. The molecule has 0 unspecified atom stereocenters. The summed E-state index contributed by atoms with van der Waals surface area (Å²) in [7, 11) is -4.11. The first-order chi connectivity index (χ1) is 12.9. The van der Waals surface area contributed by atoms with Gasteiger partial charge in [-0.3, -0.25) is 0 Å². The van der Waals surface area contributed by atoms with Gasteiger partial charge in [-0.15, -0.1) is 0 Å². The molecule has 0 atom stereocenters. The van der Waals surface area contributed by atoms with Gasteiger partial charge >= 0.3 is 6.03 Å². The maximum atomic E-state index is 12.6. The molecule has 3 rings (SSSR count). The predicted molar refractivity (Wildman–Crippen MR) is 105 cm³/mol. The number of halogens is 1. The lowest BCUT2D eigenvalue weighted by Crippen LogP contribution is -2.45. The topological polar surface area (TPSA) is 100 Å². The molecule has 144 valence electrons. The number of sulfonamides is 1. The number of amides is 2. The zero-order chi connectivity index (χ0) is 19.3. The predicted octanol–water partition coefficient (Wildman–Crippen LogP) is 3.80. The van der Waals surface area contributed by atoms with Gasteiger partial charge in [0.25, 0.3) is 10.0 Å². The van der Waals surface area contributed by atoms with E-state index >= 15 is 0 Å². The Hall–Kier alpha value is -2.32. The van der Waals surface area contributed by atoms with Gasteiger partial charge < -0.3 is 10.6 Å². The summed E-state index contributed by atoms with van der Waals surface area (Å²) in [4.78, 5) is 16.1. The van der Waals surface area contributed by atoms with E-state index in [-0.39, 0.29) is 16.0 Å². The van der Waals surface area contributed by atoms with Gasteiger partial charge in [0.2, 0.25) is 0 Å². The van der Waals surface area contributed by atoms with Crippen LogP contribution in [0.25, 0.3) is 0 Å². The Bertz CT molecular complexity index is 900. The number of benzene rings is 1. The zero-order valence-electron chi connectivity index (χ0n) is 14.6. The monoisotopic (exact) mass is 408 g/mol. The van der Waals surface area contributed by atoms with Crippen molar-refractivity contribution >= 4 is 39.2 Å². The molecule has 3 N–H and O–H groups in total. The molecule has 0 saturated heterocycles. The van der Waals surface area contributed by atoms with E-state index in [1.165, 1.54) is 12.1 Å². The number of aromatic nitrogens is 1. The maximum Gasteiger partial charge on any atom is 0.328 e. The average Bonchev–Trinajstić information content (AvgIpc) is 2.64. The zero-order valence-corrected chi connectivity index (χ0v) is 16.2. The van der Waals surface area contributed by atoms with Crippen LogP contribution in [-0.4, -0.2) is 25.5 Å². The van der Waals surface area contributed by atoms with Gasteiger partial charge in [0.1, 0.15) is 10.7 Å². The third-order valence-electron chi connectivity index (χ3n) is 4.33. The van der Waals surface area contributed by atoms with Crippen molar-refractivity contribution in [3.05, 3.63) is 47.6 Å². The Balaban J connectivity index is 1.72. The molecule has 0 radical (unpaired) electrons. The number of hydrogen-bond acceptors (Lipinski definition) is 5. The van der Waals surface area contributed by atoms with E-state index in [9.17, 15) is 13.2 Å². The van der Waals surface area contributed by atoms with Crippen LogP contribution in [0.4, 0.5) is 16.3 Å². The van der Waals surface area contributed by atoms with Gasteiger partial charge in [-0.05, 0) is 43.2 Å². The summed E-state index contributed by atoms with van der Waals surface area (Å²) >= 11 is 6.06. The molecule has 1 aromatic heterocycles. The highest BCUT2D eigenvalue weighted by Gasteiger charge is 2.23. The second kappa shape index (κ2) is 8.58. The third-order valence-corrected chi connectivity index (χ3v) is 6.14. The summed E-state index contributed by atoms with van der Waals surface area (Å²) in [5.41, 5.74) is 0.492. The standard InChI is InChI=1S/C18H21ClN4O3S/c19-15-10-9-14(21-17-8-4-5-11-20-17)12-16(15)27(25,26)23-18(24)22-13-6-2-1-3-7-13/h4-5,8-13H,1-3,6-7H2,(H,20,21)(H2,22,23,24). The second-order valence-electron chi connectivity index (χ2n) is 6.40. The van der Waals surface area contributed by atoms with Gasteiger partial charge in [-0.2, -0.15) is 0 Å². The molecule has 9 heteroatoms. The van der Waals surface area contributed by atoms with Crippen molar-refractivity contribution in [3.8, 4) is 0 Å². The summed E-state index contributed by atoms with van der Waals surface area (Å²) in [5.74, 6) is 0.561. The Morgan fingerprint density at radius 3 is 2.59 bits per heavy atom. The van der Waals surface area contributed by atoms with Crippen LogP contribution >= 0.6 is 11.6 Å². The molecule has 0 spiro atoms. The smallest absolute Gasteiger partial charge is 0.328 e. The molecule has 0 aliphatic heterocycles. The van der Waals surface area contributed by atoms with Crippen molar-refractivity contribution in [3.63, 3.8) is 0 Å². The van der Waals surface area contributed by atoms with Gasteiger partial charge in [0.05, 0.1) is 5.02 Å². The first-order valence-electron chi connectivity index (χ1n) is 8.75. The Morgan fingerprint density at radius 2 is 1.89 bits per heavy atom. The van der Waals surface area contributed by atoms with Gasteiger partial charge in [0.15, 0.2) is 0 Å². The number of carbonyl (C=O) groups excluding carboxylic acids is 1. The van der Waals surface area contributed by atoms with Crippen LogP contribution in [-0.2, 0) is 10.0 Å². The number of nitrogens with one attached hydrogen (secondary N) is 3. The van der Waals surface area contributed by atoms with Gasteiger partial charge in [-0.25, -0.2) is 22.9 Å². The summed E-state index contributed by atoms with van der Waals surface area (Å²) in [6.45, 7) is 0. The fraction of sp³-hybridized carbons (Fsp3) is 0.333. The number of hydrogen-bond donors (Lipinski definition) is 3. The summed E-state index contributed by atoms with van der Waals surface area (Å²) in [5, 5.41) is 5.75. The SMILES string of the molecule is O=C(NC1CCCCC1)NS(=O)(=O)c1cc(Nc2ccccn2)ccc1Cl. The lowest BCUT2D eigenvalue weighted by molar-refractivity contribution is 0.237. The molecule has 2 aromatic rings. The highest BCUT2D eigenvalue weighted by Crippen LogP contribution is 2.26. The summed E-state index contributed by atoms with van der Waals surface area (Å²) in [6, 6.07) is 9.06. The third kappa shape index (κ3) is 5.33. The first-order valence-corrected chi connectivity index (χ1v) is 10.6. The molecule has 2 amide bonds. The van der Waals surface area contributed by atoms with Crippen molar-refractivity contribution in [2.75, 3.05) is 5.32 Å². The molecule has 0 bridgehead atoms. The highest BCUT2D eigenvalue weighted by atomic mass is 35.5. The fourth-order valence-electron chi connectivity index (χ4n) is 3.01. The van der Waals surface area contributed by atoms with Crippen molar-refractivity contribution in [1.29, 1.82) is 0 Å². The number of rotatable bonds is 5. The quantitative estimate of drug-likeness (QED) is 0.698. The van der Waals surface area contributed by atoms with Crippen LogP contribution in [0.5, 0.6) is 0 Å². The molecule has 1 aliphatic carbocycles. The molecule has 1 aromatic carbocycles. The largest absolute Gasteiger partial charge is 0.340 e. The Kier molecular flexibility index (Phi) is 6.18. The molecule has 1 saturated carbocycles. The molecule has 1 heterocycles. The van der Waals surface area contributed by atoms with Crippen molar-refractivity contribution in [1.82, 2.24) is 15.0 Å². The van der Waals surface area contributed by atoms with Gasteiger partial charge in [0, 0.05) is 17.9 Å². The average molecular weight is 409 g/mol. The maximum absolute atomic E-state index is 12.6. The molecule has 1 fully saturated rings. The highest BCUT2D eigenvalue weighted by molar-refractivity contribution is 7.90. The van der Waals surface area contributed by atoms with E-state index < -0.39 is 16.1 Å². The second-order valence-corrected chi connectivity index (χ2v) is 8.46. The van der Waals surface area contributed by atoms with Crippen molar-refractivity contribution in [2.45, 2.75) is 43.0 Å². The van der Waals surface area contributed by atoms with E-state index in [0.29, 0.717) is 11.5 Å². The summed E-state index contributed by atoms with van der Waals surface area (Å²) < 4.78 is 27.3. The number of carbonyl (C=O) groups is 1. The Labute approximate surface area is 163 Å². The number of nitrogens with zero attached hydrogens (tertiary/aromatic N) is 1. The molecular weight excluding hydrogens is 388 g/mol. The molecule has 27 heavy (non-hydrogen) atoms. The van der Waals surface area contributed by atoms with Crippen LogP contribution in [0.15, 0.2) is 47.5 Å². The molecular formula is C18H21ClN4O3S. The van der Waals surface area contributed by atoms with E-state index in [1.54, 1.807) is 30.5 Å².